The van der Waals surface area contributed by atoms with E-state index in [2.05, 4.69) is 31.1 Å². The summed E-state index contributed by atoms with van der Waals surface area (Å²) in [4.78, 5) is 21.0. The van der Waals surface area contributed by atoms with Crippen molar-refractivity contribution >= 4 is 33.2 Å². The zero-order valence-electron chi connectivity index (χ0n) is 22.1. The summed E-state index contributed by atoms with van der Waals surface area (Å²) in [6, 6.07) is 11.2. The van der Waals surface area contributed by atoms with Gasteiger partial charge in [-0.3, -0.25) is 4.79 Å². The Kier molecular flexibility index (Phi) is 8.16. The Morgan fingerprint density at radius 3 is 2.66 bits per heavy atom. The average molecular weight is 577 g/mol. The first-order valence-electron chi connectivity index (χ1n) is 12.8. The van der Waals surface area contributed by atoms with Crippen LogP contribution in [-0.2, 0) is 29.7 Å². The summed E-state index contributed by atoms with van der Waals surface area (Å²) < 4.78 is 29.1. The number of amides is 1. The van der Waals surface area contributed by atoms with Gasteiger partial charge in [0, 0.05) is 48.5 Å². The van der Waals surface area contributed by atoms with E-state index >= 15 is 0 Å². The van der Waals surface area contributed by atoms with Crippen LogP contribution >= 0.6 is 0 Å². The van der Waals surface area contributed by atoms with Gasteiger partial charge in [-0.1, -0.05) is 6.92 Å². The number of hydrogen-bond donors (Lipinski definition) is 3. The number of carbonyl (C=O) groups excluding carboxylic acids is 1. The molecule has 15 heteroatoms. The van der Waals surface area contributed by atoms with E-state index in [0.29, 0.717) is 36.7 Å². The van der Waals surface area contributed by atoms with Crippen LogP contribution in [0.2, 0.25) is 0 Å². The van der Waals surface area contributed by atoms with Gasteiger partial charge in [0.15, 0.2) is 18.0 Å². The highest BCUT2D eigenvalue weighted by molar-refractivity contribution is 7.89. The SMILES string of the molecule is CCc1cnn2c(NCc3ccc[n+](C[O-])c3)cc(NCCNC(=O)c3ccc(S(=O)(=O)n4cncn4)cc3)nc12. The minimum absolute atomic E-state index is 0.00437. The summed E-state index contributed by atoms with van der Waals surface area (Å²) in [7, 11) is -3.86. The van der Waals surface area contributed by atoms with Crippen molar-refractivity contribution in [3.63, 3.8) is 0 Å². The summed E-state index contributed by atoms with van der Waals surface area (Å²) in [5.41, 5.74) is 2.97. The first-order chi connectivity index (χ1) is 19.9. The number of fused-ring (bicyclic) bond motifs is 1. The van der Waals surface area contributed by atoms with Crippen LogP contribution in [0.3, 0.4) is 0 Å². The van der Waals surface area contributed by atoms with Gasteiger partial charge in [-0.05, 0) is 36.8 Å². The maximum absolute atomic E-state index is 12.6. The zero-order chi connectivity index (χ0) is 28.8. The Bertz CT molecular complexity index is 1750. The number of nitrogens with zero attached hydrogens (tertiary/aromatic N) is 7. The molecule has 0 bridgehead atoms. The molecule has 212 valence electrons. The highest BCUT2D eigenvalue weighted by atomic mass is 32.2. The second kappa shape index (κ2) is 12.1. The lowest BCUT2D eigenvalue weighted by atomic mass is 10.2. The maximum Gasteiger partial charge on any atom is 0.284 e. The molecule has 0 radical (unpaired) electrons. The Hall–Kier alpha value is -4.89. The number of anilines is 2. The molecule has 0 atom stereocenters. The first-order valence-corrected chi connectivity index (χ1v) is 14.2. The van der Waals surface area contributed by atoms with Gasteiger partial charge in [0.2, 0.25) is 0 Å². The molecule has 0 aliphatic carbocycles. The van der Waals surface area contributed by atoms with Crippen molar-refractivity contribution in [2.45, 2.75) is 31.5 Å². The van der Waals surface area contributed by atoms with Crippen LogP contribution in [0.15, 0.2) is 78.6 Å². The quantitative estimate of drug-likeness (QED) is 0.137. The molecule has 0 fully saturated rings. The van der Waals surface area contributed by atoms with Crippen LogP contribution in [0.4, 0.5) is 11.6 Å². The molecule has 14 nitrogen and oxygen atoms in total. The van der Waals surface area contributed by atoms with Gasteiger partial charge < -0.3 is 21.1 Å². The molecular weight excluding hydrogens is 548 g/mol. The minimum atomic E-state index is -3.86. The van der Waals surface area contributed by atoms with Crippen LogP contribution in [0.25, 0.3) is 5.65 Å². The Morgan fingerprint density at radius 1 is 1.10 bits per heavy atom. The largest absolute Gasteiger partial charge is 0.801 e. The van der Waals surface area contributed by atoms with Gasteiger partial charge in [0.25, 0.3) is 15.9 Å². The molecule has 4 heterocycles. The van der Waals surface area contributed by atoms with Crippen molar-refractivity contribution < 1.29 is 22.9 Å². The summed E-state index contributed by atoms with van der Waals surface area (Å²) in [5.74, 6) is 0.985. The zero-order valence-corrected chi connectivity index (χ0v) is 23.0. The second-order valence-corrected chi connectivity index (χ2v) is 10.8. The van der Waals surface area contributed by atoms with E-state index in [0.717, 1.165) is 40.1 Å². The van der Waals surface area contributed by atoms with Crippen molar-refractivity contribution in [1.29, 1.82) is 0 Å². The lowest BCUT2D eigenvalue weighted by Gasteiger charge is -2.13. The lowest BCUT2D eigenvalue weighted by molar-refractivity contribution is -0.815. The molecule has 0 aliphatic heterocycles. The standard InChI is InChI=1S/C26H28N10O4S/c1-2-20-14-31-36-24(30-13-19-4-3-11-34(15-19)18-37)12-23(33-25(20)36)28-9-10-29-26(38)21-5-7-22(8-6-21)41(39,40)35-17-27-16-32-35/h3-8,11-12,14-17,30H,2,9-10,13,18H2,1H3,(H,28,33)(H,29,38). The molecule has 41 heavy (non-hydrogen) atoms. The van der Waals surface area contributed by atoms with Crippen molar-refractivity contribution in [1.82, 2.24) is 34.1 Å². The van der Waals surface area contributed by atoms with Gasteiger partial charge in [-0.15, -0.1) is 9.19 Å². The summed E-state index contributed by atoms with van der Waals surface area (Å²) in [5, 5.41) is 28.8. The fraction of sp³-hybridized carbons (Fsp3) is 0.231. The van der Waals surface area contributed by atoms with Crippen molar-refractivity contribution in [3.05, 3.63) is 90.4 Å². The third-order valence-corrected chi connectivity index (χ3v) is 7.79. The third-order valence-electron chi connectivity index (χ3n) is 6.24. The van der Waals surface area contributed by atoms with E-state index < -0.39 is 10.0 Å². The fourth-order valence-electron chi connectivity index (χ4n) is 4.10. The molecule has 5 aromatic rings. The van der Waals surface area contributed by atoms with Gasteiger partial charge in [0.05, 0.1) is 17.8 Å². The lowest BCUT2D eigenvalue weighted by Crippen LogP contribution is -2.40. The van der Waals surface area contributed by atoms with Gasteiger partial charge >= 0.3 is 0 Å². The van der Waals surface area contributed by atoms with Crippen molar-refractivity contribution in [2.24, 2.45) is 0 Å². The van der Waals surface area contributed by atoms with Crippen LogP contribution in [0.1, 0.15) is 28.4 Å². The number of pyridine rings is 1. The first kappa shape index (κ1) is 27.7. The second-order valence-electron chi connectivity index (χ2n) is 8.97. The predicted octanol–water partition coefficient (Wildman–Crippen LogP) is 0.180. The molecule has 0 spiro atoms. The van der Waals surface area contributed by atoms with Crippen LogP contribution in [0.5, 0.6) is 0 Å². The molecule has 5 rings (SSSR count). The number of rotatable bonds is 12. The maximum atomic E-state index is 12.6. The minimum Gasteiger partial charge on any atom is -0.801 e. The molecule has 4 aromatic heterocycles. The number of carbonyl (C=O) groups is 1. The molecule has 0 unspecified atom stereocenters. The molecule has 1 aromatic carbocycles. The van der Waals surface area contributed by atoms with E-state index in [4.69, 9.17) is 4.98 Å². The van der Waals surface area contributed by atoms with Gasteiger partial charge in [0.1, 0.15) is 24.3 Å². The van der Waals surface area contributed by atoms with Gasteiger partial charge in [-0.25, -0.2) is 14.5 Å². The summed E-state index contributed by atoms with van der Waals surface area (Å²) in [6.07, 6.45) is 8.30. The monoisotopic (exact) mass is 576 g/mol. The average Bonchev–Trinajstić information content (AvgIpc) is 3.69. The molecular formula is C26H28N10O4S. The Labute approximate surface area is 235 Å². The third kappa shape index (κ3) is 6.15. The summed E-state index contributed by atoms with van der Waals surface area (Å²) in [6.45, 7) is 2.85. The van der Waals surface area contributed by atoms with Crippen LogP contribution in [-0.4, -0.2) is 56.2 Å². The fourth-order valence-corrected chi connectivity index (χ4v) is 5.15. The van der Waals surface area contributed by atoms with Crippen molar-refractivity contribution in [3.8, 4) is 0 Å². The van der Waals surface area contributed by atoms with E-state index in [9.17, 15) is 18.3 Å². The number of aromatic nitrogens is 7. The van der Waals surface area contributed by atoms with E-state index in [-0.39, 0.29) is 17.5 Å². The summed E-state index contributed by atoms with van der Waals surface area (Å²) >= 11 is 0. The van der Waals surface area contributed by atoms with E-state index in [1.807, 2.05) is 25.1 Å². The van der Waals surface area contributed by atoms with Crippen LogP contribution in [0, 0.1) is 0 Å². The number of aryl methyl sites for hydroxylation is 1. The number of hydrogen-bond acceptors (Lipinski definition) is 10. The Balaban J connectivity index is 1.21. The molecule has 0 saturated carbocycles. The number of benzene rings is 1. The molecule has 0 saturated heterocycles. The molecule has 0 aliphatic rings. The smallest absolute Gasteiger partial charge is 0.284 e. The highest BCUT2D eigenvalue weighted by Crippen LogP contribution is 2.20. The molecule has 1 amide bonds. The van der Waals surface area contributed by atoms with Gasteiger partial charge in [-0.2, -0.15) is 18.0 Å². The van der Waals surface area contributed by atoms with E-state index in [1.165, 1.54) is 24.3 Å². The predicted molar refractivity (Wildman–Crippen MR) is 146 cm³/mol. The van der Waals surface area contributed by atoms with Crippen molar-refractivity contribution in [2.75, 3.05) is 23.7 Å². The van der Waals surface area contributed by atoms with E-state index in [1.54, 1.807) is 27.7 Å². The normalized spacial score (nSPS) is 11.5. The molecule has 3 N–H and O–H groups in total. The number of nitrogens with one attached hydrogen (secondary N) is 3. The highest BCUT2D eigenvalue weighted by Gasteiger charge is 2.18. The Morgan fingerprint density at radius 2 is 1.93 bits per heavy atom. The topological polar surface area (TPSA) is 175 Å². The van der Waals surface area contributed by atoms with Crippen LogP contribution < -0.4 is 25.6 Å².